The summed E-state index contributed by atoms with van der Waals surface area (Å²) in [7, 11) is 0. The second-order valence-electron chi connectivity index (χ2n) is 4.70. The van der Waals surface area contributed by atoms with E-state index in [2.05, 4.69) is 32.0 Å². The molecule has 2 rings (SSSR count). The number of aryl methyl sites for hydroxylation is 1. The minimum atomic E-state index is 0.347. The van der Waals surface area contributed by atoms with Gasteiger partial charge in [-0.15, -0.1) is 11.6 Å². The highest BCUT2D eigenvalue weighted by Gasteiger charge is 2.25. The van der Waals surface area contributed by atoms with Gasteiger partial charge in [0.2, 0.25) is 0 Å². The molecule has 0 bridgehead atoms. The van der Waals surface area contributed by atoms with Gasteiger partial charge in [0, 0.05) is 11.3 Å². The Balaban J connectivity index is 2.31. The fraction of sp³-hybridized carbons (Fsp3) is 0.571. The van der Waals surface area contributed by atoms with Crippen LogP contribution in [0.4, 0.5) is 0 Å². The van der Waals surface area contributed by atoms with Gasteiger partial charge in [0.15, 0.2) is 0 Å². The van der Waals surface area contributed by atoms with Crippen LogP contribution in [0.2, 0.25) is 0 Å². The van der Waals surface area contributed by atoms with E-state index in [0.717, 1.165) is 0 Å². The van der Waals surface area contributed by atoms with Gasteiger partial charge in [-0.1, -0.05) is 31.0 Å². The lowest BCUT2D eigenvalue weighted by Crippen LogP contribution is -2.18. The average Bonchev–Trinajstić information content (AvgIpc) is 2.23. The molecule has 2 atom stereocenters. The third-order valence-corrected chi connectivity index (χ3v) is 4.25. The fourth-order valence-corrected chi connectivity index (χ4v) is 3.03. The maximum absolute atomic E-state index is 6.44. The van der Waals surface area contributed by atoms with Crippen molar-refractivity contribution in [3.05, 3.63) is 34.9 Å². The summed E-state index contributed by atoms with van der Waals surface area (Å²) in [6.07, 6.45) is 5.08. The molecule has 0 aromatic heterocycles. The highest BCUT2D eigenvalue weighted by atomic mass is 35.5. The summed E-state index contributed by atoms with van der Waals surface area (Å²) >= 11 is 6.44. The molecule has 1 heteroatoms. The van der Waals surface area contributed by atoms with Crippen LogP contribution >= 0.6 is 11.6 Å². The Morgan fingerprint density at radius 1 is 1.13 bits per heavy atom. The second-order valence-corrected chi connectivity index (χ2v) is 5.26. The predicted molar refractivity (Wildman–Crippen MR) is 66.8 cm³/mol. The summed E-state index contributed by atoms with van der Waals surface area (Å²) in [5.41, 5.74) is 4.31. The van der Waals surface area contributed by atoms with Crippen LogP contribution in [-0.2, 0) is 0 Å². The SMILES string of the molecule is Cc1cccc(C2CCCCC2Cl)c1C. The van der Waals surface area contributed by atoms with Crippen molar-refractivity contribution in [2.75, 3.05) is 0 Å². The highest BCUT2D eigenvalue weighted by molar-refractivity contribution is 6.21. The summed E-state index contributed by atoms with van der Waals surface area (Å²) in [5, 5.41) is 0.347. The van der Waals surface area contributed by atoms with Gasteiger partial charge >= 0.3 is 0 Å². The van der Waals surface area contributed by atoms with Crippen molar-refractivity contribution in [1.29, 1.82) is 0 Å². The smallest absolute Gasteiger partial charge is 0.0404 e. The minimum absolute atomic E-state index is 0.347. The third kappa shape index (κ3) is 2.20. The molecule has 1 saturated carbocycles. The highest BCUT2D eigenvalue weighted by Crippen LogP contribution is 2.38. The van der Waals surface area contributed by atoms with Crippen LogP contribution in [0.3, 0.4) is 0 Å². The molecule has 1 aliphatic carbocycles. The molecule has 1 aromatic rings. The van der Waals surface area contributed by atoms with Crippen LogP contribution in [0.1, 0.15) is 48.3 Å². The summed E-state index contributed by atoms with van der Waals surface area (Å²) in [6.45, 7) is 4.41. The Hall–Kier alpha value is -0.490. The molecule has 0 aliphatic heterocycles. The number of benzene rings is 1. The van der Waals surface area contributed by atoms with Gasteiger partial charge in [0.25, 0.3) is 0 Å². The van der Waals surface area contributed by atoms with Gasteiger partial charge in [-0.2, -0.15) is 0 Å². The number of rotatable bonds is 1. The van der Waals surface area contributed by atoms with Gasteiger partial charge in [-0.3, -0.25) is 0 Å². The molecule has 2 unspecified atom stereocenters. The number of halogens is 1. The standard InChI is InChI=1S/C14H19Cl/c1-10-6-5-8-12(11(10)2)13-7-3-4-9-14(13)15/h5-6,8,13-14H,3-4,7,9H2,1-2H3. The monoisotopic (exact) mass is 222 g/mol. The van der Waals surface area contributed by atoms with Crippen LogP contribution in [0.15, 0.2) is 18.2 Å². The Morgan fingerprint density at radius 3 is 2.60 bits per heavy atom. The first-order valence-corrected chi connectivity index (χ1v) is 6.34. The summed E-state index contributed by atoms with van der Waals surface area (Å²) < 4.78 is 0. The normalized spacial score (nSPS) is 26.6. The zero-order chi connectivity index (χ0) is 10.8. The van der Waals surface area contributed by atoms with Crippen molar-refractivity contribution in [3.8, 4) is 0 Å². The Morgan fingerprint density at radius 2 is 1.87 bits per heavy atom. The average molecular weight is 223 g/mol. The van der Waals surface area contributed by atoms with E-state index in [1.807, 2.05) is 0 Å². The van der Waals surface area contributed by atoms with E-state index in [0.29, 0.717) is 11.3 Å². The van der Waals surface area contributed by atoms with E-state index in [-0.39, 0.29) is 0 Å². The van der Waals surface area contributed by atoms with Crippen molar-refractivity contribution in [3.63, 3.8) is 0 Å². The molecule has 0 amide bonds. The van der Waals surface area contributed by atoms with Crippen molar-refractivity contribution < 1.29 is 0 Å². The quantitative estimate of drug-likeness (QED) is 0.611. The third-order valence-electron chi connectivity index (χ3n) is 3.73. The number of hydrogen-bond acceptors (Lipinski definition) is 0. The lowest BCUT2D eigenvalue weighted by Gasteiger charge is -2.29. The van der Waals surface area contributed by atoms with Crippen LogP contribution in [0, 0.1) is 13.8 Å². The Kier molecular flexibility index (Phi) is 3.35. The first-order valence-electron chi connectivity index (χ1n) is 5.90. The predicted octanol–water partition coefficient (Wildman–Crippen LogP) is 4.57. The molecule has 15 heavy (non-hydrogen) atoms. The lowest BCUT2D eigenvalue weighted by atomic mass is 9.81. The van der Waals surface area contributed by atoms with Crippen LogP contribution in [-0.4, -0.2) is 5.38 Å². The molecule has 1 aromatic carbocycles. The van der Waals surface area contributed by atoms with Crippen LogP contribution in [0.5, 0.6) is 0 Å². The Labute approximate surface area is 97.6 Å². The Bertz CT molecular complexity index is 343. The molecule has 0 spiro atoms. The van der Waals surface area contributed by atoms with Gasteiger partial charge in [-0.05, 0) is 43.4 Å². The van der Waals surface area contributed by atoms with Crippen molar-refractivity contribution >= 4 is 11.6 Å². The van der Waals surface area contributed by atoms with E-state index in [4.69, 9.17) is 11.6 Å². The number of alkyl halides is 1. The van der Waals surface area contributed by atoms with E-state index in [1.54, 1.807) is 0 Å². The summed E-state index contributed by atoms with van der Waals surface area (Å²) in [6, 6.07) is 6.61. The van der Waals surface area contributed by atoms with Gasteiger partial charge < -0.3 is 0 Å². The lowest BCUT2D eigenvalue weighted by molar-refractivity contribution is 0.449. The molecule has 1 aliphatic rings. The van der Waals surface area contributed by atoms with Crippen molar-refractivity contribution in [2.45, 2.75) is 50.8 Å². The maximum Gasteiger partial charge on any atom is 0.0404 e. The van der Waals surface area contributed by atoms with E-state index in [9.17, 15) is 0 Å². The van der Waals surface area contributed by atoms with Gasteiger partial charge in [0.1, 0.15) is 0 Å². The topological polar surface area (TPSA) is 0 Å². The molecular weight excluding hydrogens is 204 g/mol. The van der Waals surface area contributed by atoms with E-state index < -0.39 is 0 Å². The molecule has 0 N–H and O–H groups in total. The first-order chi connectivity index (χ1) is 7.20. The molecule has 0 nitrogen and oxygen atoms in total. The van der Waals surface area contributed by atoms with Crippen molar-refractivity contribution in [1.82, 2.24) is 0 Å². The first kappa shape index (κ1) is 11.0. The molecular formula is C14H19Cl. The molecule has 1 fully saturated rings. The maximum atomic E-state index is 6.44. The van der Waals surface area contributed by atoms with E-state index >= 15 is 0 Å². The fourth-order valence-electron chi connectivity index (χ4n) is 2.61. The van der Waals surface area contributed by atoms with Gasteiger partial charge in [0.05, 0.1) is 0 Å². The molecule has 0 saturated heterocycles. The van der Waals surface area contributed by atoms with Crippen molar-refractivity contribution in [2.24, 2.45) is 0 Å². The molecule has 82 valence electrons. The number of hydrogen-bond donors (Lipinski definition) is 0. The van der Waals surface area contributed by atoms with E-state index in [1.165, 1.54) is 42.4 Å². The zero-order valence-corrected chi connectivity index (χ0v) is 10.3. The van der Waals surface area contributed by atoms with Crippen LogP contribution in [0.25, 0.3) is 0 Å². The summed E-state index contributed by atoms with van der Waals surface area (Å²) in [4.78, 5) is 0. The second kappa shape index (κ2) is 4.57. The summed E-state index contributed by atoms with van der Waals surface area (Å²) in [5.74, 6) is 0.584. The molecule has 0 radical (unpaired) electrons. The van der Waals surface area contributed by atoms with Gasteiger partial charge in [-0.25, -0.2) is 0 Å². The largest absolute Gasteiger partial charge is 0.122 e. The van der Waals surface area contributed by atoms with Crippen LogP contribution < -0.4 is 0 Å². The molecule has 0 heterocycles. The zero-order valence-electron chi connectivity index (χ0n) is 9.59. The minimum Gasteiger partial charge on any atom is -0.122 e.